The van der Waals surface area contributed by atoms with E-state index in [2.05, 4.69) is 21.9 Å². The SMILES string of the molecule is CN(Cc1ccccc1)CC(O)CN1CCN(C(=O)Cc2ccccc2Cl)CC1. The molecular weight excluding hydrogens is 386 g/mol. The lowest BCUT2D eigenvalue weighted by molar-refractivity contribution is -0.132. The molecule has 6 heteroatoms. The Balaban J connectivity index is 1.39. The summed E-state index contributed by atoms with van der Waals surface area (Å²) in [7, 11) is 2.03. The van der Waals surface area contributed by atoms with E-state index >= 15 is 0 Å². The van der Waals surface area contributed by atoms with Crippen LogP contribution in [0.4, 0.5) is 0 Å². The van der Waals surface area contributed by atoms with Gasteiger partial charge in [0.15, 0.2) is 0 Å². The number of aliphatic hydroxyl groups is 1. The van der Waals surface area contributed by atoms with Crippen molar-refractivity contribution >= 4 is 17.5 Å². The summed E-state index contributed by atoms with van der Waals surface area (Å²) in [6, 6.07) is 17.8. The van der Waals surface area contributed by atoms with Gasteiger partial charge in [0.2, 0.25) is 5.91 Å². The molecular formula is C23H30ClN3O2. The van der Waals surface area contributed by atoms with E-state index in [1.807, 2.05) is 54.4 Å². The number of amides is 1. The van der Waals surface area contributed by atoms with E-state index in [0.29, 0.717) is 37.6 Å². The first-order valence-electron chi connectivity index (χ1n) is 10.2. The van der Waals surface area contributed by atoms with Crippen LogP contribution in [0.15, 0.2) is 54.6 Å². The minimum Gasteiger partial charge on any atom is -0.390 e. The minimum atomic E-state index is -0.408. The number of halogens is 1. The largest absolute Gasteiger partial charge is 0.390 e. The lowest BCUT2D eigenvalue weighted by Crippen LogP contribution is -2.51. The molecule has 156 valence electrons. The van der Waals surface area contributed by atoms with Crippen molar-refractivity contribution in [2.24, 2.45) is 0 Å². The van der Waals surface area contributed by atoms with E-state index < -0.39 is 6.10 Å². The summed E-state index contributed by atoms with van der Waals surface area (Å²) in [6.07, 6.45) is -0.0684. The molecule has 1 fully saturated rings. The van der Waals surface area contributed by atoms with Crippen molar-refractivity contribution in [1.29, 1.82) is 0 Å². The van der Waals surface area contributed by atoms with Crippen molar-refractivity contribution in [3.63, 3.8) is 0 Å². The molecule has 1 atom stereocenters. The third-order valence-corrected chi connectivity index (χ3v) is 5.68. The molecule has 1 heterocycles. The molecule has 1 saturated heterocycles. The summed E-state index contributed by atoms with van der Waals surface area (Å²) in [5, 5.41) is 11.1. The number of β-amino-alcohol motifs (C(OH)–C–C–N with tert-alkyl or cyclic N) is 1. The number of aliphatic hydroxyl groups excluding tert-OH is 1. The minimum absolute atomic E-state index is 0.112. The summed E-state index contributed by atoms with van der Waals surface area (Å²) < 4.78 is 0. The number of hydrogen-bond donors (Lipinski definition) is 1. The van der Waals surface area contributed by atoms with E-state index in [4.69, 9.17) is 11.6 Å². The fraction of sp³-hybridized carbons (Fsp3) is 0.435. The maximum Gasteiger partial charge on any atom is 0.227 e. The zero-order valence-electron chi connectivity index (χ0n) is 17.0. The van der Waals surface area contributed by atoms with Crippen LogP contribution >= 0.6 is 11.6 Å². The van der Waals surface area contributed by atoms with E-state index in [1.165, 1.54) is 5.56 Å². The lowest BCUT2D eigenvalue weighted by atomic mass is 10.1. The molecule has 0 spiro atoms. The number of carbonyl (C=O) groups excluding carboxylic acids is 1. The van der Waals surface area contributed by atoms with Crippen LogP contribution in [0.1, 0.15) is 11.1 Å². The highest BCUT2D eigenvalue weighted by atomic mass is 35.5. The molecule has 0 radical (unpaired) electrons. The van der Waals surface area contributed by atoms with Crippen molar-refractivity contribution in [2.45, 2.75) is 19.1 Å². The van der Waals surface area contributed by atoms with Crippen molar-refractivity contribution in [3.8, 4) is 0 Å². The molecule has 0 saturated carbocycles. The fourth-order valence-corrected chi connectivity index (χ4v) is 3.97. The third kappa shape index (κ3) is 6.82. The fourth-order valence-electron chi connectivity index (χ4n) is 3.77. The second kappa shape index (κ2) is 10.7. The number of hydrogen-bond acceptors (Lipinski definition) is 4. The molecule has 1 amide bonds. The Labute approximate surface area is 178 Å². The van der Waals surface area contributed by atoms with Crippen LogP contribution in [0.2, 0.25) is 5.02 Å². The molecule has 0 aliphatic carbocycles. The Morgan fingerprint density at radius 2 is 1.72 bits per heavy atom. The van der Waals surface area contributed by atoms with Gasteiger partial charge in [0, 0.05) is 50.8 Å². The van der Waals surface area contributed by atoms with Gasteiger partial charge in [-0.3, -0.25) is 14.6 Å². The first-order valence-corrected chi connectivity index (χ1v) is 10.5. The lowest BCUT2D eigenvalue weighted by Gasteiger charge is -2.36. The van der Waals surface area contributed by atoms with Gasteiger partial charge in [-0.05, 0) is 24.2 Å². The Kier molecular flexibility index (Phi) is 8.07. The highest BCUT2D eigenvalue weighted by Crippen LogP contribution is 2.17. The normalized spacial score (nSPS) is 16.2. The summed E-state index contributed by atoms with van der Waals surface area (Å²) >= 11 is 6.17. The Morgan fingerprint density at radius 1 is 1.07 bits per heavy atom. The van der Waals surface area contributed by atoms with Gasteiger partial charge in [-0.1, -0.05) is 60.1 Å². The van der Waals surface area contributed by atoms with Crippen molar-refractivity contribution in [1.82, 2.24) is 14.7 Å². The Hall–Kier alpha value is -1.92. The number of benzene rings is 2. The highest BCUT2D eigenvalue weighted by molar-refractivity contribution is 6.31. The Bertz CT molecular complexity index is 779. The maximum atomic E-state index is 12.6. The summed E-state index contributed by atoms with van der Waals surface area (Å²) in [6.45, 7) is 5.03. The number of nitrogens with zero attached hydrogens (tertiary/aromatic N) is 3. The predicted octanol–water partition coefficient (Wildman–Crippen LogP) is 2.52. The van der Waals surface area contributed by atoms with Gasteiger partial charge >= 0.3 is 0 Å². The van der Waals surface area contributed by atoms with E-state index in [9.17, 15) is 9.90 Å². The van der Waals surface area contributed by atoms with Crippen molar-refractivity contribution in [3.05, 3.63) is 70.7 Å². The third-order valence-electron chi connectivity index (χ3n) is 5.31. The van der Waals surface area contributed by atoms with Gasteiger partial charge in [0.1, 0.15) is 0 Å². The zero-order chi connectivity index (χ0) is 20.6. The van der Waals surface area contributed by atoms with Crippen LogP contribution in [-0.2, 0) is 17.8 Å². The first kappa shape index (κ1) is 21.8. The zero-order valence-corrected chi connectivity index (χ0v) is 17.8. The second-order valence-corrected chi connectivity index (χ2v) is 8.19. The quantitative estimate of drug-likeness (QED) is 0.719. The predicted molar refractivity (Wildman–Crippen MR) is 117 cm³/mol. The van der Waals surface area contributed by atoms with Crippen LogP contribution in [0, 0.1) is 0 Å². The first-order chi connectivity index (χ1) is 14.0. The monoisotopic (exact) mass is 415 g/mol. The van der Waals surface area contributed by atoms with Crippen LogP contribution in [-0.4, -0.2) is 78.1 Å². The van der Waals surface area contributed by atoms with E-state index in [1.54, 1.807) is 0 Å². The molecule has 0 aromatic heterocycles. The molecule has 0 bridgehead atoms. The Morgan fingerprint density at radius 3 is 2.41 bits per heavy atom. The van der Waals surface area contributed by atoms with Gasteiger partial charge in [-0.15, -0.1) is 0 Å². The van der Waals surface area contributed by atoms with Gasteiger partial charge < -0.3 is 10.0 Å². The van der Waals surface area contributed by atoms with Gasteiger partial charge in [0.25, 0.3) is 0 Å². The van der Waals surface area contributed by atoms with Crippen LogP contribution in [0.3, 0.4) is 0 Å². The maximum absolute atomic E-state index is 12.6. The van der Waals surface area contributed by atoms with Crippen LogP contribution in [0.5, 0.6) is 0 Å². The standard InChI is InChI=1S/C23H30ClN3O2/c1-25(16-19-7-3-2-4-8-19)17-21(28)18-26-11-13-27(14-12-26)23(29)15-20-9-5-6-10-22(20)24/h2-10,21,28H,11-18H2,1H3. The number of piperazine rings is 1. The van der Waals surface area contributed by atoms with Crippen LogP contribution < -0.4 is 0 Å². The molecule has 29 heavy (non-hydrogen) atoms. The number of rotatable bonds is 8. The molecule has 5 nitrogen and oxygen atoms in total. The van der Waals surface area contributed by atoms with Gasteiger partial charge in [-0.25, -0.2) is 0 Å². The number of carbonyl (C=O) groups is 1. The molecule has 1 aliphatic heterocycles. The second-order valence-electron chi connectivity index (χ2n) is 7.79. The summed E-state index contributed by atoms with van der Waals surface area (Å²) in [5.74, 6) is 0.112. The molecule has 2 aromatic rings. The summed E-state index contributed by atoms with van der Waals surface area (Å²) in [4.78, 5) is 18.8. The van der Waals surface area contributed by atoms with E-state index in [-0.39, 0.29) is 5.91 Å². The summed E-state index contributed by atoms with van der Waals surface area (Å²) in [5.41, 5.74) is 2.12. The topological polar surface area (TPSA) is 47.0 Å². The highest BCUT2D eigenvalue weighted by Gasteiger charge is 2.23. The van der Waals surface area contributed by atoms with Crippen molar-refractivity contribution < 1.29 is 9.90 Å². The van der Waals surface area contributed by atoms with E-state index in [0.717, 1.165) is 25.2 Å². The average molecular weight is 416 g/mol. The molecule has 1 aliphatic rings. The average Bonchev–Trinajstić information content (AvgIpc) is 2.70. The van der Waals surface area contributed by atoms with Crippen LogP contribution in [0.25, 0.3) is 0 Å². The van der Waals surface area contributed by atoms with Gasteiger partial charge in [-0.2, -0.15) is 0 Å². The smallest absolute Gasteiger partial charge is 0.227 e. The molecule has 2 aromatic carbocycles. The molecule has 1 N–H and O–H groups in total. The molecule has 1 unspecified atom stereocenters. The van der Waals surface area contributed by atoms with Gasteiger partial charge in [0.05, 0.1) is 12.5 Å². The van der Waals surface area contributed by atoms with Crippen molar-refractivity contribution in [2.75, 3.05) is 46.3 Å². The molecule has 3 rings (SSSR count). The number of likely N-dealkylation sites (N-methyl/N-ethyl adjacent to an activating group) is 1.